The van der Waals surface area contributed by atoms with Gasteiger partial charge in [-0.25, -0.2) is 4.79 Å². The summed E-state index contributed by atoms with van der Waals surface area (Å²) in [5.74, 6) is -0.144. The minimum atomic E-state index is -0.639. The molecule has 148 valence electrons. The highest BCUT2D eigenvalue weighted by atomic mass is 32.1. The molecule has 0 aliphatic carbocycles. The summed E-state index contributed by atoms with van der Waals surface area (Å²) >= 11 is 1.26. The Kier molecular flexibility index (Phi) is 6.76. The lowest BCUT2D eigenvalue weighted by atomic mass is 10.2. The van der Waals surface area contributed by atoms with Gasteiger partial charge in [-0.1, -0.05) is 30.3 Å². The first-order chi connectivity index (χ1) is 14.0. The van der Waals surface area contributed by atoms with Gasteiger partial charge in [-0.3, -0.25) is 9.59 Å². The third-order valence-electron chi connectivity index (χ3n) is 3.86. The number of amides is 1. The Hall–Kier alpha value is -3.45. The highest BCUT2D eigenvalue weighted by molar-refractivity contribution is 7.14. The normalized spacial score (nSPS) is 10.2. The molecule has 0 saturated heterocycles. The fraction of sp³-hybridized carbons (Fsp3) is 0.136. The van der Waals surface area contributed by atoms with E-state index in [1.54, 1.807) is 48.5 Å². The second-order valence-corrected chi connectivity index (χ2v) is 7.25. The predicted octanol–water partition coefficient (Wildman–Crippen LogP) is 4.22. The van der Waals surface area contributed by atoms with Gasteiger partial charge in [-0.2, -0.15) is 0 Å². The molecule has 0 atom stereocenters. The third-order valence-corrected chi connectivity index (χ3v) is 4.99. The average Bonchev–Trinajstić information content (AvgIpc) is 3.21. The second kappa shape index (κ2) is 9.66. The number of para-hydroxylation sites is 2. The Morgan fingerprint density at radius 3 is 2.41 bits per heavy atom. The van der Waals surface area contributed by atoms with Crippen molar-refractivity contribution >= 4 is 29.0 Å². The topological polar surface area (TPSA) is 81.7 Å². The van der Waals surface area contributed by atoms with Crippen molar-refractivity contribution in [1.29, 1.82) is 0 Å². The molecule has 0 radical (unpaired) electrons. The first-order valence-electron chi connectivity index (χ1n) is 8.88. The molecule has 0 fully saturated rings. The van der Waals surface area contributed by atoms with E-state index in [-0.39, 0.29) is 23.9 Å². The van der Waals surface area contributed by atoms with Gasteiger partial charge in [0.2, 0.25) is 11.7 Å². The lowest BCUT2D eigenvalue weighted by Gasteiger charge is -2.10. The molecule has 0 bridgehead atoms. The molecule has 3 aromatic rings. The van der Waals surface area contributed by atoms with Crippen LogP contribution in [0.2, 0.25) is 0 Å². The first kappa shape index (κ1) is 20.3. The zero-order valence-corrected chi connectivity index (χ0v) is 16.5. The molecule has 29 heavy (non-hydrogen) atoms. The predicted molar refractivity (Wildman–Crippen MR) is 109 cm³/mol. The molecule has 2 aromatic carbocycles. The zero-order valence-electron chi connectivity index (χ0n) is 15.7. The van der Waals surface area contributed by atoms with Crippen LogP contribution in [0, 0.1) is 0 Å². The highest BCUT2D eigenvalue weighted by Crippen LogP contribution is 2.26. The van der Waals surface area contributed by atoms with E-state index in [2.05, 4.69) is 5.32 Å². The van der Waals surface area contributed by atoms with Crippen LogP contribution in [0.4, 0.5) is 0 Å². The van der Waals surface area contributed by atoms with Gasteiger partial charge in [0.15, 0.2) is 6.61 Å². The standard InChI is InChI=1S/C22H19NO5S/c1-15(24)23-13-17-11-12-21(29-17)19(25)14-27-22(26)18-9-5-6-10-20(18)28-16-7-3-2-4-8-16/h2-12H,13-14H2,1H3,(H,23,24). The maximum absolute atomic E-state index is 12.5. The van der Waals surface area contributed by atoms with Gasteiger partial charge in [0, 0.05) is 11.8 Å². The van der Waals surface area contributed by atoms with Crippen LogP contribution >= 0.6 is 11.3 Å². The summed E-state index contributed by atoms with van der Waals surface area (Å²) in [5, 5.41) is 2.67. The molecule has 1 aromatic heterocycles. The van der Waals surface area contributed by atoms with Crippen LogP contribution < -0.4 is 10.1 Å². The van der Waals surface area contributed by atoms with Crippen LogP contribution in [0.15, 0.2) is 66.7 Å². The number of nitrogens with one attached hydrogen (secondary N) is 1. The van der Waals surface area contributed by atoms with Gasteiger partial charge in [0.1, 0.15) is 17.1 Å². The van der Waals surface area contributed by atoms with E-state index in [4.69, 9.17) is 9.47 Å². The van der Waals surface area contributed by atoms with Crippen molar-refractivity contribution in [2.24, 2.45) is 0 Å². The van der Waals surface area contributed by atoms with Gasteiger partial charge in [-0.15, -0.1) is 11.3 Å². The molecular formula is C22H19NO5S. The molecule has 3 rings (SSSR count). The lowest BCUT2D eigenvalue weighted by Crippen LogP contribution is -2.18. The SMILES string of the molecule is CC(=O)NCc1ccc(C(=O)COC(=O)c2ccccc2Oc2ccccc2)s1. The van der Waals surface area contributed by atoms with Crippen LogP contribution in [0.25, 0.3) is 0 Å². The molecular weight excluding hydrogens is 390 g/mol. The van der Waals surface area contributed by atoms with Gasteiger partial charge >= 0.3 is 5.97 Å². The number of benzene rings is 2. The molecule has 6 nitrogen and oxygen atoms in total. The number of carbonyl (C=O) groups excluding carboxylic acids is 3. The van der Waals surface area contributed by atoms with Crippen LogP contribution in [0.1, 0.15) is 31.8 Å². The van der Waals surface area contributed by atoms with E-state index < -0.39 is 5.97 Å². The molecule has 0 saturated carbocycles. The van der Waals surface area contributed by atoms with Crippen LogP contribution in [0.5, 0.6) is 11.5 Å². The maximum Gasteiger partial charge on any atom is 0.342 e. The number of carbonyl (C=O) groups is 3. The number of hydrogen-bond donors (Lipinski definition) is 1. The summed E-state index contributed by atoms with van der Waals surface area (Å²) < 4.78 is 11.0. The van der Waals surface area contributed by atoms with Crippen molar-refractivity contribution in [2.75, 3.05) is 6.61 Å². The summed E-state index contributed by atoms with van der Waals surface area (Å²) in [4.78, 5) is 37.1. The highest BCUT2D eigenvalue weighted by Gasteiger charge is 2.17. The number of ether oxygens (including phenoxy) is 2. The Labute approximate surface area is 172 Å². The molecule has 0 spiro atoms. The number of ketones is 1. The van der Waals surface area contributed by atoms with Gasteiger partial charge in [0.25, 0.3) is 0 Å². The Balaban J connectivity index is 1.61. The number of hydrogen-bond acceptors (Lipinski definition) is 6. The summed E-state index contributed by atoms with van der Waals surface area (Å²) in [7, 11) is 0. The Bertz CT molecular complexity index is 1010. The fourth-order valence-electron chi connectivity index (χ4n) is 2.45. The third kappa shape index (κ3) is 5.76. The number of Topliss-reactive ketones (excluding diaryl/α,β-unsaturated/α-hetero) is 1. The number of thiophene rings is 1. The minimum absolute atomic E-state index is 0.142. The van der Waals surface area contributed by atoms with Crippen LogP contribution in [0.3, 0.4) is 0 Å². The Morgan fingerprint density at radius 2 is 1.66 bits per heavy atom. The molecule has 1 heterocycles. The van der Waals surface area contributed by atoms with Crippen molar-refractivity contribution in [1.82, 2.24) is 5.32 Å². The van der Waals surface area contributed by atoms with E-state index in [9.17, 15) is 14.4 Å². The second-order valence-electron chi connectivity index (χ2n) is 6.09. The Morgan fingerprint density at radius 1 is 0.931 bits per heavy atom. The quantitative estimate of drug-likeness (QED) is 0.445. The summed E-state index contributed by atoms with van der Waals surface area (Å²) in [6.45, 7) is 1.41. The van der Waals surface area contributed by atoms with E-state index in [0.29, 0.717) is 22.9 Å². The van der Waals surface area contributed by atoms with Crippen molar-refractivity contribution in [3.8, 4) is 11.5 Å². The molecule has 1 N–H and O–H groups in total. The molecule has 1 amide bonds. The molecule has 7 heteroatoms. The lowest BCUT2D eigenvalue weighted by molar-refractivity contribution is -0.119. The zero-order chi connectivity index (χ0) is 20.6. The molecule has 0 aliphatic heterocycles. The maximum atomic E-state index is 12.5. The summed E-state index contributed by atoms with van der Waals surface area (Å²) in [6, 6.07) is 19.2. The number of rotatable bonds is 8. The van der Waals surface area contributed by atoms with E-state index in [0.717, 1.165) is 4.88 Å². The summed E-state index contributed by atoms with van der Waals surface area (Å²) in [5.41, 5.74) is 0.238. The van der Waals surface area contributed by atoms with E-state index >= 15 is 0 Å². The fourth-order valence-corrected chi connectivity index (χ4v) is 3.33. The van der Waals surface area contributed by atoms with Crippen molar-refractivity contribution in [3.05, 3.63) is 82.0 Å². The average molecular weight is 409 g/mol. The monoisotopic (exact) mass is 409 g/mol. The smallest absolute Gasteiger partial charge is 0.342 e. The van der Waals surface area contributed by atoms with Gasteiger partial charge in [0.05, 0.1) is 11.4 Å². The van der Waals surface area contributed by atoms with Crippen molar-refractivity contribution in [2.45, 2.75) is 13.5 Å². The van der Waals surface area contributed by atoms with Crippen LogP contribution in [-0.2, 0) is 16.1 Å². The molecule has 0 unspecified atom stereocenters. The minimum Gasteiger partial charge on any atom is -0.456 e. The van der Waals surface area contributed by atoms with Crippen LogP contribution in [-0.4, -0.2) is 24.3 Å². The number of esters is 1. The first-order valence-corrected chi connectivity index (χ1v) is 9.70. The largest absolute Gasteiger partial charge is 0.456 e. The van der Waals surface area contributed by atoms with Crippen molar-refractivity contribution in [3.63, 3.8) is 0 Å². The van der Waals surface area contributed by atoms with Gasteiger partial charge in [-0.05, 0) is 36.4 Å². The van der Waals surface area contributed by atoms with E-state index in [1.165, 1.54) is 18.3 Å². The summed E-state index contributed by atoms with van der Waals surface area (Å²) in [6.07, 6.45) is 0. The van der Waals surface area contributed by atoms with Gasteiger partial charge < -0.3 is 14.8 Å². The van der Waals surface area contributed by atoms with E-state index in [1.807, 2.05) is 18.2 Å². The molecule has 0 aliphatic rings. The van der Waals surface area contributed by atoms with Crippen molar-refractivity contribution < 1.29 is 23.9 Å².